The first-order valence-corrected chi connectivity index (χ1v) is 15.0. The maximum atomic E-state index is 15.6. The zero-order valence-electron chi connectivity index (χ0n) is 26.3. The highest BCUT2D eigenvalue weighted by Gasteiger charge is 2.48. The third-order valence-electron chi connectivity index (χ3n) is 8.56. The molecule has 226 valence electrons. The third-order valence-corrected chi connectivity index (χ3v) is 8.56. The fraction of sp³-hybridized carbons (Fsp3) is 0.135. The number of nitrogens with one attached hydrogen (secondary N) is 1. The van der Waals surface area contributed by atoms with Crippen molar-refractivity contribution in [2.75, 3.05) is 45.0 Å². The number of hydrogen-bond donors (Lipinski definition) is 1. The van der Waals surface area contributed by atoms with Gasteiger partial charge in [0.25, 0.3) is 0 Å². The van der Waals surface area contributed by atoms with Gasteiger partial charge in [0.2, 0.25) is 0 Å². The Morgan fingerprint density at radius 1 is 0.622 bits per heavy atom. The number of aliphatic imine (C=N–C) groups is 1. The molecule has 2 aliphatic heterocycles. The molecule has 0 bridgehead atoms. The number of allylic oxidation sites excluding steroid dienone is 3. The van der Waals surface area contributed by atoms with Crippen LogP contribution in [0.15, 0.2) is 132 Å². The van der Waals surface area contributed by atoms with Gasteiger partial charge in [-0.25, -0.2) is 4.99 Å². The van der Waals surface area contributed by atoms with E-state index in [1.807, 2.05) is 124 Å². The molecule has 2 heterocycles. The van der Waals surface area contributed by atoms with E-state index in [4.69, 9.17) is 4.99 Å². The van der Waals surface area contributed by atoms with Crippen LogP contribution in [0.3, 0.4) is 0 Å². The molecular weight excluding hydrogens is 563 g/mol. The predicted octanol–water partition coefficient (Wildman–Crippen LogP) is 5.71. The largest absolute Gasteiger partial charge is 0.539 e. The van der Waals surface area contributed by atoms with Crippen LogP contribution in [0.2, 0.25) is 0 Å². The zero-order valence-corrected chi connectivity index (χ0v) is 26.3. The van der Waals surface area contributed by atoms with Gasteiger partial charge in [-0.15, -0.1) is 0 Å². The lowest BCUT2D eigenvalue weighted by molar-refractivity contribution is -0.695. The number of nitrogens with zero attached hydrogens (tertiary/aromatic N) is 4. The lowest BCUT2D eigenvalue weighted by atomic mass is 10.0. The second-order valence-electron chi connectivity index (χ2n) is 12.0. The summed E-state index contributed by atoms with van der Waals surface area (Å²) >= 11 is 0. The lowest BCUT2D eigenvalue weighted by Gasteiger charge is -2.37. The van der Waals surface area contributed by atoms with Gasteiger partial charge in [-0.2, -0.15) is 0 Å². The van der Waals surface area contributed by atoms with Gasteiger partial charge < -0.3 is 22.8 Å². The Labute approximate surface area is 264 Å². The topological polar surface area (TPSA) is 32.8 Å². The molecule has 4 aromatic rings. The molecule has 1 N–H and O–H groups in total. The van der Waals surface area contributed by atoms with Crippen molar-refractivity contribution < 1.29 is 18.0 Å². The average Bonchev–Trinajstić information content (AvgIpc) is 3.62. The summed E-state index contributed by atoms with van der Waals surface area (Å²) in [5.41, 5.74) is 8.53. The number of benzene rings is 4. The number of halogens is 2. The fourth-order valence-corrected chi connectivity index (χ4v) is 5.84. The number of quaternary nitrogens is 1. The Morgan fingerprint density at radius 2 is 1.13 bits per heavy atom. The van der Waals surface area contributed by atoms with Gasteiger partial charge in [0.05, 0.1) is 11.1 Å². The second-order valence-corrected chi connectivity index (χ2v) is 12.0. The molecule has 0 aromatic heterocycles. The Kier molecular flexibility index (Phi) is 8.08. The Hall–Kier alpha value is -5.08. The molecule has 1 unspecified atom stereocenters. The van der Waals surface area contributed by atoms with Crippen LogP contribution in [0.5, 0.6) is 0 Å². The molecule has 45 heavy (non-hydrogen) atoms. The van der Waals surface area contributed by atoms with Crippen molar-refractivity contribution in [1.29, 1.82) is 0 Å². The van der Waals surface area contributed by atoms with E-state index in [1.165, 1.54) is 0 Å². The maximum Gasteiger partial charge on any atom is 0.539 e. The molecule has 2 aliphatic rings. The SMILES string of the molecule is CN(C)c1ccc(C2=CC(c3ccccc3)=C(N=C3[NH+]=C(c4ccc(N(C)C)cc4)C=C3c3ccccc3)[N+]2(C)[BH-](F)F)cc1. The lowest BCUT2D eigenvalue weighted by Crippen LogP contribution is -2.75. The molecule has 0 aliphatic carbocycles. The van der Waals surface area contributed by atoms with E-state index >= 15 is 8.63 Å². The highest BCUT2D eigenvalue weighted by Crippen LogP contribution is 2.46. The molecule has 0 saturated heterocycles. The van der Waals surface area contributed by atoms with Crippen molar-refractivity contribution in [3.05, 3.63) is 149 Å². The summed E-state index contributed by atoms with van der Waals surface area (Å²) in [4.78, 5) is 12.7. The molecular formula is C37H37BF2N5+. The third kappa shape index (κ3) is 5.65. The van der Waals surface area contributed by atoms with Gasteiger partial charge >= 0.3 is 19.1 Å². The number of anilines is 2. The summed E-state index contributed by atoms with van der Waals surface area (Å²) < 4.78 is 30.5. The van der Waals surface area contributed by atoms with Crippen LogP contribution in [-0.4, -0.2) is 58.6 Å². The molecule has 8 heteroatoms. The van der Waals surface area contributed by atoms with E-state index in [1.54, 1.807) is 7.05 Å². The molecule has 5 nitrogen and oxygen atoms in total. The Bertz CT molecular complexity index is 1860. The van der Waals surface area contributed by atoms with E-state index in [9.17, 15) is 0 Å². The molecule has 0 fully saturated rings. The summed E-state index contributed by atoms with van der Waals surface area (Å²) in [5.74, 6) is 0.852. The summed E-state index contributed by atoms with van der Waals surface area (Å²) in [6, 6.07) is 35.7. The quantitative estimate of drug-likeness (QED) is 0.263. The second kappa shape index (κ2) is 12.1. The van der Waals surface area contributed by atoms with E-state index in [0.29, 0.717) is 22.9 Å². The average molecular weight is 601 g/mol. The highest BCUT2D eigenvalue weighted by molar-refractivity contribution is 6.36. The first-order valence-electron chi connectivity index (χ1n) is 15.0. The standard InChI is InChI=1S/C37H36BF2N5/c1-43(2)30-20-16-28(17-21-30)34-24-32(26-12-8-6-9-13-26)36(41-34)42-37-33(27-14-10-7-11-15-27)25-35(45(37,5)38(39)40)29-18-22-31(23-19-29)44(3)4/h6-25,38H,1-5H3/p+1. The summed E-state index contributed by atoms with van der Waals surface area (Å²) in [6.07, 6.45) is 3.95. The predicted molar refractivity (Wildman–Crippen MR) is 185 cm³/mol. The minimum atomic E-state index is -3.76. The van der Waals surface area contributed by atoms with Crippen LogP contribution in [0.4, 0.5) is 20.0 Å². The minimum Gasteiger partial charge on any atom is -0.422 e. The molecule has 0 spiro atoms. The molecule has 0 radical (unpaired) electrons. The van der Waals surface area contributed by atoms with Crippen LogP contribution >= 0.6 is 0 Å². The van der Waals surface area contributed by atoms with Crippen molar-refractivity contribution in [3.8, 4) is 0 Å². The molecule has 6 rings (SSSR count). The first kappa shape index (κ1) is 30.0. The monoisotopic (exact) mass is 600 g/mol. The van der Waals surface area contributed by atoms with Crippen molar-refractivity contribution in [1.82, 2.24) is 0 Å². The van der Waals surface area contributed by atoms with Crippen molar-refractivity contribution in [2.45, 2.75) is 0 Å². The summed E-state index contributed by atoms with van der Waals surface area (Å²) in [7, 11) is 5.77. The minimum absolute atomic E-state index is 0.312. The number of rotatable bonds is 8. The van der Waals surface area contributed by atoms with Crippen molar-refractivity contribution >= 4 is 47.2 Å². The number of hydrogen-bond acceptors (Lipinski definition) is 3. The van der Waals surface area contributed by atoms with E-state index < -0.39 is 11.8 Å². The van der Waals surface area contributed by atoms with Crippen LogP contribution in [0.1, 0.15) is 22.3 Å². The summed E-state index contributed by atoms with van der Waals surface area (Å²) in [5, 5.41) is 0. The molecule has 4 aromatic carbocycles. The number of amidine groups is 1. The van der Waals surface area contributed by atoms with Crippen LogP contribution < -0.4 is 14.8 Å². The summed E-state index contributed by atoms with van der Waals surface area (Å²) in [6.45, 7) is 0. The van der Waals surface area contributed by atoms with Crippen LogP contribution in [0, 0.1) is 0 Å². The van der Waals surface area contributed by atoms with Gasteiger partial charge in [0, 0.05) is 74.9 Å². The molecule has 1 atom stereocenters. The maximum absolute atomic E-state index is 15.6. The van der Waals surface area contributed by atoms with Gasteiger partial charge in [-0.1, -0.05) is 60.7 Å². The first-order chi connectivity index (χ1) is 21.7. The Balaban J connectivity index is 1.54. The highest BCUT2D eigenvalue weighted by atomic mass is 19.2. The zero-order chi connectivity index (χ0) is 31.7. The smallest absolute Gasteiger partial charge is 0.422 e. The Morgan fingerprint density at radius 3 is 1.64 bits per heavy atom. The van der Waals surface area contributed by atoms with Gasteiger partial charge in [-0.05, 0) is 59.7 Å². The van der Waals surface area contributed by atoms with Gasteiger partial charge in [0.1, 0.15) is 11.4 Å². The normalized spacial score (nSPS) is 18.8. The van der Waals surface area contributed by atoms with E-state index in [-0.39, 0.29) is 0 Å². The van der Waals surface area contributed by atoms with Crippen LogP contribution in [-0.2, 0) is 0 Å². The van der Waals surface area contributed by atoms with Gasteiger partial charge in [0.15, 0.2) is 0 Å². The molecule has 0 amide bonds. The fourth-order valence-electron chi connectivity index (χ4n) is 5.84. The van der Waals surface area contributed by atoms with Crippen molar-refractivity contribution in [3.63, 3.8) is 0 Å². The molecule has 0 saturated carbocycles. The van der Waals surface area contributed by atoms with Crippen LogP contribution in [0.25, 0.3) is 16.8 Å². The van der Waals surface area contributed by atoms with E-state index in [2.05, 4.69) is 40.2 Å². The van der Waals surface area contributed by atoms with Crippen molar-refractivity contribution in [2.24, 2.45) is 4.99 Å². The van der Waals surface area contributed by atoms with E-state index in [0.717, 1.165) is 44.9 Å². The van der Waals surface area contributed by atoms with Gasteiger partial charge in [-0.3, -0.25) is 0 Å².